The number of carbonyl (C=O) groups excluding carboxylic acids is 1. The van der Waals surface area contributed by atoms with Crippen molar-refractivity contribution in [3.63, 3.8) is 0 Å². The topological polar surface area (TPSA) is 80.9 Å². The minimum atomic E-state index is -0.364. The molecular formula is C18H14N4O2S. The van der Waals surface area contributed by atoms with Gasteiger partial charge in [0.1, 0.15) is 0 Å². The van der Waals surface area contributed by atoms with E-state index in [2.05, 4.69) is 26.6 Å². The first-order valence-electron chi connectivity index (χ1n) is 7.67. The number of amides is 1. The molecule has 1 N–H and O–H groups in total. The molecule has 0 bridgehead atoms. The van der Waals surface area contributed by atoms with E-state index in [1.165, 1.54) is 11.3 Å². The van der Waals surface area contributed by atoms with Gasteiger partial charge in [-0.1, -0.05) is 34.4 Å². The molecule has 2 aromatic heterocycles. The van der Waals surface area contributed by atoms with E-state index < -0.39 is 0 Å². The van der Waals surface area contributed by atoms with E-state index in [-0.39, 0.29) is 11.9 Å². The lowest BCUT2D eigenvalue weighted by Gasteiger charge is -2.00. The lowest BCUT2D eigenvalue weighted by molar-refractivity contribution is 0.102. The molecule has 0 atom stereocenters. The summed E-state index contributed by atoms with van der Waals surface area (Å²) in [5, 5.41) is 10.9. The molecule has 4 aromatic rings. The summed E-state index contributed by atoms with van der Waals surface area (Å²) >= 11 is 1.32. The van der Waals surface area contributed by atoms with Crippen molar-refractivity contribution in [1.29, 1.82) is 0 Å². The molecule has 2 aromatic carbocycles. The van der Waals surface area contributed by atoms with Crippen LogP contribution in [0, 0.1) is 13.8 Å². The van der Waals surface area contributed by atoms with Crippen LogP contribution in [0.3, 0.4) is 0 Å². The highest BCUT2D eigenvalue weighted by molar-refractivity contribution is 7.20. The van der Waals surface area contributed by atoms with Gasteiger partial charge in [-0.3, -0.25) is 10.1 Å². The van der Waals surface area contributed by atoms with E-state index in [1.54, 1.807) is 0 Å². The van der Waals surface area contributed by atoms with Gasteiger partial charge in [-0.2, -0.15) is 0 Å². The molecular weight excluding hydrogens is 336 g/mol. The summed E-state index contributed by atoms with van der Waals surface area (Å²) in [7, 11) is 0. The number of nitrogens with zero attached hydrogens (tertiary/aromatic N) is 3. The Balaban J connectivity index is 1.57. The average molecular weight is 350 g/mol. The fourth-order valence-electron chi connectivity index (χ4n) is 2.61. The van der Waals surface area contributed by atoms with Crippen LogP contribution < -0.4 is 5.32 Å². The number of benzene rings is 2. The van der Waals surface area contributed by atoms with Gasteiger partial charge in [-0.15, -0.1) is 16.4 Å². The van der Waals surface area contributed by atoms with Crippen molar-refractivity contribution in [2.24, 2.45) is 0 Å². The summed E-state index contributed by atoms with van der Waals surface area (Å²) in [6.45, 7) is 4.01. The Morgan fingerprint density at radius 2 is 1.84 bits per heavy atom. The predicted molar refractivity (Wildman–Crippen MR) is 96.8 cm³/mol. The molecule has 6 nitrogen and oxygen atoms in total. The molecule has 124 valence electrons. The number of carbonyl (C=O) groups is 1. The van der Waals surface area contributed by atoms with Crippen molar-refractivity contribution in [3.8, 4) is 11.5 Å². The highest BCUT2D eigenvalue weighted by atomic mass is 32.1. The fourth-order valence-corrected chi connectivity index (χ4v) is 3.47. The molecule has 0 saturated carbocycles. The number of thiazole rings is 1. The number of para-hydroxylation sites is 1. The molecule has 2 heterocycles. The van der Waals surface area contributed by atoms with E-state index >= 15 is 0 Å². The maximum absolute atomic E-state index is 12.3. The number of fused-ring (bicyclic) bond motifs is 1. The van der Waals surface area contributed by atoms with Crippen molar-refractivity contribution >= 4 is 33.5 Å². The molecule has 0 aliphatic rings. The Kier molecular flexibility index (Phi) is 3.77. The quantitative estimate of drug-likeness (QED) is 0.598. The SMILES string of the molecule is Cc1cc(C)cc(-c2nnc(NC(=O)c3nc4ccccc4s3)o2)c1. The third-order valence-corrected chi connectivity index (χ3v) is 4.64. The Morgan fingerprint density at radius 1 is 1.08 bits per heavy atom. The van der Waals surface area contributed by atoms with Crippen LogP contribution in [0.2, 0.25) is 0 Å². The van der Waals surface area contributed by atoms with Crippen LogP contribution in [-0.4, -0.2) is 21.1 Å². The minimum Gasteiger partial charge on any atom is -0.403 e. The normalized spacial score (nSPS) is 11.0. The molecule has 25 heavy (non-hydrogen) atoms. The average Bonchev–Trinajstić information content (AvgIpc) is 3.20. The summed E-state index contributed by atoms with van der Waals surface area (Å²) in [5.74, 6) is 0.00298. The zero-order valence-corrected chi connectivity index (χ0v) is 14.4. The fraction of sp³-hybridized carbons (Fsp3) is 0.111. The Labute approximate surface area is 147 Å². The molecule has 0 fully saturated rings. The first-order valence-corrected chi connectivity index (χ1v) is 8.49. The standard InChI is InChI=1S/C18H14N4O2S/c1-10-7-11(2)9-12(8-10)16-21-22-18(24-16)20-15(23)17-19-13-5-3-4-6-14(13)25-17/h3-9H,1-2H3,(H,20,22,23). The number of aromatic nitrogens is 3. The Bertz CT molecular complexity index is 1030. The summed E-state index contributed by atoms with van der Waals surface area (Å²) in [5.41, 5.74) is 3.83. The predicted octanol–water partition coefficient (Wildman–Crippen LogP) is 4.22. The second-order valence-corrected chi connectivity index (χ2v) is 6.76. The second kappa shape index (κ2) is 6.10. The van der Waals surface area contributed by atoms with Gasteiger partial charge in [0.2, 0.25) is 5.89 Å². The number of nitrogens with one attached hydrogen (secondary N) is 1. The maximum atomic E-state index is 12.3. The summed E-state index contributed by atoms with van der Waals surface area (Å²) in [4.78, 5) is 16.7. The lowest BCUT2D eigenvalue weighted by Crippen LogP contribution is -2.11. The Hall–Kier alpha value is -3.06. The van der Waals surface area contributed by atoms with Crippen molar-refractivity contribution in [1.82, 2.24) is 15.2 Å². The highest BCUT2D eigenvalue weighted by Crippen LogP contribution is 2.24. The first-order chi connectivity index (χ1) is 12.1. The molecule has 4 rings (SSSR count). The van der Waals surface area contributed by atoms with Gasteiger partial charge < -0.3 is 4.42 Å². The van der Waals surface area contributed by atoms with Crippen LogP contribution in [-0.2, 0) is 0 Å². The van der Waals surface area contributed by atoms with E-state index in [4.69, 9.17) is 4.42 Å². The molecule has 0 spiro atoms. The molecule has 0 aliphatic carbocycles. The number of anilines is 1. The number of aryl methyl sites for hydroxylation is 2. The third-order valence-electron chi connectivity index (χ3n) is 3.60. The van der Waals surface area contributed by atoms with Crippen LogP contribution in [0.25, 0.3) is 21.7 Å². The van der Waals surface area contributed by atoms with Gasteiger partial charge >= 0.3 is 6.01 Å². The molecule has 0 radical (unpaired) electrons. The number of hydrogen-bond acceptors (Lipinski definition) is 6. The van der Waals surface area contributed by atoms with Gasteiger partial charge in [0.15, 0.2) is 5.01 Å². The van der Waals surface area contributed by atoms with Gasteiger partial charge in [0.05, 0.1) is 10.2 Å². The molecule has 0 unspecified atom stereocenters. The van der Waals surface area contributed by atoms with E-state index in [0.717, 1.165) is 26.9 Å². The first kappa shape index (κ1) is 15.5. The van der Waals surface area contributed by atoms with Crippen molar-refractivity contribution in [2.45, 2.75) is 13.8 Å². The van der Waals surface area contributed by atoms with Crippen molar-refractivity contribution in [3.05, 3.63) is 58.6 Å². The van der Waals surface area contributed by atoms with Gasteiger partial charge in [0, 0.05) is 5.56 Å². The number of hydrogen-bond donors (Lipinski definition) is 1. The molecule has 7 heteroatoms. The van der Waals surface area contributed by atoms with Crippen LogP contribution in [0.4, 0.5) is 6.01 Å². The van der Waals surface area contributed by atoms with Crippen LogP contribution in [0.15, 0.2) is 46.9 Å². The van der Waals surface area contributed by atoms with Crippen LogP contribution >= 0.6 is 11.3 Å². The van der Waals surface area contributed by atoms with Crippen LogP contribution in [0.5, 0.6) is 0 Å². The van der Waals surface area contributed by atoms with Crippen LogP contribution in [0.1, 0.15) is 20.9 Å². The smallest absolute Gasteiger partial charge is 0.322 e. The lowest BCUT2D eigenvalue weighted by atomic mass is 10.1. The molecule has 1 amide bonds. The molecule has 0 aliphatic heterocycles. The van der Waals surface area contributed by atoms with Gasteiger partial charge in [0.25, 0.3) is 5.91 Å². The van der Waals surface area contributed by atoms with Gasteiger partial charge in [-0.05, 0) is 38.1 Å². The maximum Gasteiger partial charge on any atom is 0.322 e. The highest BCUT2D eigenvalue weighted by Gasteiger charge is 2.16. The monoisotopic (exact) mass is 350 g/mol. The zero-order chi connectivity index (χ0) is 17.4. The Morgan fingerprint density at radius 3 is 2.60 bits per heavy atom. The zero-order valence-electron chi connectivity index (χ0n) is 13.6. The summed E-state index contributed by atoms with van der Waals surface area (Å²) in [6.07, 6.45) is 0. The largest absolute Gasteiger partial charge is 0.403 e. The minimum absolute atomic E-state index is 0.0541. The van der Waals surface area contributed by atoms with E-state index in [0.29, 0.717) is 10.9 Å². The number of rotatable bonds is 3. The summed E-state index contributed by atoms with van der Waals surface area (Å²) in [6, 6.07) is 13.6. The van der Waals surface area contributed by atoms with Gasteiger partial charge in [-0.25, -0.2) is 4.98 Å². The summed E-state index contributed by atoms with van der Waals surface area (Å²) < 4.78 is 6.52. The van der Waals surface area contributed by atoms with Crippen molar-refractivity contribution in [2.75, 3.05) is 5.32 Å². The second-order valence-electron chi connectivity index (χ2n) is 5.73. The van der Waals surface area contributed by atoms with Crippen molar-refractivity contribution < 1.29 is 9.21 Å². The van der Waals surface area contributed by atoms with E-state index in [9.17, 15) is 4.79 Å². The third kappa shape index (κ3) is 3.14. The van der Waals surface area contributed by atoms with E-state index in [1.807, 2.05) is 50.2 Å². The molecule has 0 saturated heterocycles.